The molecule has 15 heavy (non-hydrogen) atoms. The van der Waals surface area contributed by atoms with E-state index in [2.05, 4.69) is 38.3 Å². The van der Waals surface area contributed by atoms with Crippen LogP contribution in [0.25, 0.3) is 0 Å². The van der Waals surface area contributed by atoms with Gasteiger partial charge in [-0.25, -0.2) is 0 Å². The zero-order valence-corrected chi connectivity index (χ0v) is 10.6. The van der Waals surface area contributed by atoms with Crippen LogP contribution in [0, 0.1) is 11.8 Å². The Morgan fingerprint density at radius 3 is 2.40 bits per heavy atom. The van der Waals surface area contributed by atoms with Gasteiger partial charge in [-0.3, -0.25) is 4.79 Å². The molecule has 0 bridgehead atoms. The van der Waals surface area contributed by atoms with Crippen molar-refractivity contribution < 1.29 is 4.79 Å². The molecule has 3 nitrogen and oxygen atoms in total. The molecule has 1 unspecified atom stereocenters. The van der Waals surface area contributed by atoms with Gasteiger partial charge in [0.05, 0.1) is 0 Å². The summed E-state index contributed by atoms with van der Waals surface area (Å²) >= 11 is 0. The van der Waals surface area contributed by atoms with Crippen molar-refractivity contribution in [3.05, 3.63) is 0 Å². The number of amides is 1. The van der Waals surface area contributed by atoms with Crippen molar-refractivity contribution in [2.24, 2.45) is 11.8 Å². The minimum absolute atomic E-state index is 0.153. The molecule has 0 spiro atoms. The van der Waals surface area contributed by atoms with Gasteiger partial charge >= 0.3 is 0 Å². The van der Waals surface area contributed by atoms with Gasteiger partial charge in [0.2, 0.25) is 5.91 Å². The monoisotopic (exact) mass is 214 g/mol. The van der Waals surface area contributed by atoms with Crippen molar-refractivity contribution in [1.82, 2.24) is 10.6 Å². The second-order valence-electron chi connectivity index (χ2n) is 4.67. The van der Waals surface area contributed by atoms with Crippen LogP contribution >= 0.6 is 0 Å². The van der Waals surface area contributed by atoms with Gasteiger partial charge in [0.15, 0.2) is 0 Å². The van der Waals surface area contributed by atoms with Gasteiger partial charge in [-0.1, -0.05) is 34.1 Å². The number of nitrogens with one attached hydrogen (secondary N) is 2. The molecule has 1 amide bonds. The summed E-state index contributed by atoms with van der Waals surface area (Å²) in [5, 5.41) is 6.20. The van der Waals surface area contributed by atoms with Crippen LogP contribution in [-0.4, -0.2) is 25.5 Å². The second kappa shape index (κ2) is 8.72. The molecule has 3 heteroatoms. The van der Waals surface area contributed by atoms with Crippen LogP contribution in [0.3, 0.4) is 0 Å². The van der Waals surface area contributed by atoms with E-state index in [0.717, 1.165) is 19.6 Å². The molecule has 2 N–H and O–H groups in total. The Labute approximate surface area is 94.0 Å². The van der Waals surface area contributed by atoms with E-state index in [1.165, 1.54) is 6.42 Å². The van der Waals surface area contributed by atoms with E-state index in [-0.39, 0.29) is 5.91 Å². The lowest BCUT2D eigenvalue weighted by molar-refractivity contribution is -0.121. The summed E-state index contributed by atoms with van der Waals surface area (Å²) in [6.45, 7) is 11.2. The standard InChI is InChI=1S/C12H26N2O/c1-5-11(4)9-13-7-6-12(15)14-8-10(2)3/h10-11,13H,5-9H2,1-4H3,(H,14,15). The first-order valence-electron chi connectivity index (χ1n) is 6.03. The minimum Gasteiger partial charge on any atom is -0.356 e. The van der Waals surface area contributed by atoms with Crippen LogP contribution < -0.4 is 10.6 Å². The van der Waals surface area contributed by atoms with E-state index in [1.807, 2.05) is 0 Å². The van der Waals surface area contributed by atoms with Crippen molar-refractivity contribution >= 4 is 5.91 Å². The summed E-state index contributed by atoms with van der Waals surface area (Å²) in [7, 11) is 0. The summed E-state index contributed by atoms with van der Waals surface area (Å²) < 4.78 is 0. The Morgan fingerprint density at radius 2 is 1.87 bits per heavy atom. The Balaban J connectivity index is 3.31. The number of rotatable bonds is 8. The highest BCUT2D eigenvalue weighted by atomic mass is 16.1. The van der Waals surface area contributed by atoms with E-state index >= 15 is 0 Å². The Hall–Kier alpha value is -0.570. The maximum Gasteiger partial charge on any atom is 0.221 e. The Bertz CT molecular complexity index is 169. The molecule has 0 radical (unpaired) electrons. The summed E-state index contributed by atoms with van der Waals surface area (Å²) in [6, 6.07) is 0. The zero-order valence-electron chi connectivity index (χ0n) is 10.6. The third-order valence-electron chi connectivity index (χ3n) is 2.43. The van der Waals surface area contributed by atoms with Gasteiger partial charge in [-0.05, 0) is 18.4 Å². The number of carbonyl (C=O) groups is 1. The number of carbonyl (C=O) groups excluding carboxylic acids is 1. The van der Waals surface area contributed by atoms with Gasteiger partial charge in [0.1, 0.15) is 0 Å². The third-order valence-corrected chi connectivity index (χ3v) is 2.43. The van der Waals surface area contributed by atoms with Crippen molar-refractivity contribution in [2.45, 2.75) is 40.5 Å². The molecular formula is C12H26N2O. The van der Waals surface area contributed by atoms with Crippen LogP contribution in [0.5, 0.6) is 0 Å². The predicted octanol–water partition coefficient (Wildman–Crippen LogP) is 1.78. The lowest BCUT2D eigenvalue weighted by Crippen LogP contribution is -2.31. The molecule has 0 saturated heterocycles. The largest absolute Gasteiger partial charge is 0.356 e. The van der Waals surface area contributed by atoms with Gasteiger partial charge in [-0.2, -0.15) is 0 Å². The van der Waals surface area contributed by atoms with Gasteiger partial charge in [0.25, 0.3) is 0 Å². The molecule has 0 aromatic carbocycles. The van der Waals surface area contributed by atoms with Crippen molar-refractivity contribution in [3.8, 4) is 0 Å². The topological polar surface area (TPSA) is 41.1 Å². The predicted molar refractivity (Wildman–Crippen MR) is 64.8 cm³/mol. The quantitative estimate of drug-likeness (QED) is 0.605. The lowest BCUT2D eigenvalue weighted by Gasteiger charge is -2.10. The van der Waals surface area contributed by atoms with E-state index in [1.54, 1.807) is 0 Å². The second-order valence-corrected chi connectivity index (χ2v) is 4.67. The van der Waals surface area contributed by atoms with Crippen molar-refractivity contribution in [2.75, 3.05) is 19.6 Å². The highest BCUT2D eigenvalue weighted by molar-refractivity contribution is 5.76. The number of hydrogen-bond donors (Lipinski definition) is 2. The van der Waals surface area contributed by atoms with E-state index in [4.69, 9.17) is 0 Å². The average molecular weight is 214 g/mol. The lowest BCUT2D eigenvalue weighted by atomic mass is 10.1. The van der Waals surface area contributed by atoms with Crippen LogP contribution in [0.1, 0.15) is 40.5 Å². The molecule has 0 aliphatic rings. The molecule has 0 rings (SSSR count). The highest BCUT2D eigenvalue weighted by Crippen LogP contribution is 1.96. The van der Waals surface area contributed by atoms with Gasteiger partial charge in [-0.15, -0.1) is 0 Å². The molecule has 0 heterocycles. The summed E-state index contributed by atoms with van der Waals surface area (Å²) in [4.78, 5) is 11.3. The molecule has 90 valence electrons. The fraction of sp³-hybridized carbons (Fsp3) is 0.917. The Morgan fingerprint density at radius 1 is 1.20 bits per heavy atom. The highest BCUT2D eigenvalue weighted by Gasteiger charge is 2.02. The first-order chi connectivity index (χ1) is 7.06. The molecule has 0 fully saturated rings. The molecule has 0 aromatic rings. The third kappa shape index (κ3) is 9.73. The maximum atomic E-state index is 11.3. The maximum absolute atomic E-state index is 11.3. The summed E-state index contributed by atoms with van der Waals surface area (Å²) in [5.41, 5.74) is 0. The van der Waals surface area contributed by atoms with Crippen LogP contribution in [0.2, 0.25) is 0 Å². The van der Waals surface area contributed by atoms with Crippen LogP contribution in [-0.2, 0) is 4.79 Å². The van der Waals surface area contributed by atoms with Crippen LogP contribution in [0.15, 0.2) is 0 Å². The molecular weight excluding hydrogens is 188 g/mol. The minimum atomic E-state index is 0.153. The van der Waals surface area contributed by atoms with Gasteiger partial charge in [0, 0.05) is 19.5 Å². The smallest absolute Gasteiger partial charge is 0.221 e. The average Bonchev–Trinajstić information content (AvgIpc) is 2.21. The fourth-order valence-electron chi connectivity index (χ4n) is 1.10. The van der Waals surface area contributed by atoms with Crippen LogP contribution in [0.4, 0.5) is 0 Å². The molecule has 0 aliphatic heterocycles. The van der Waals surface area contributed by atoms with Crippen molar-refractivity contribution in [1.29, 1.82) is 0 Å². The molecule has 0 saturated carbocycles. The van der Waals surface area contributed by atoms with E-state index < -0.39 is 0 Å². The number of hydrogen-bond acceptors (Lipinski definition) is 2. The van der Waals surface area contributed by atoms with Gasteiger partial charge < -0.3 is 10.6 Å². The SMILES string of the molecule is CCC(C)CNCCC(=O)NCC(C)C. The summed E-state index contributed by atoms with van der Waals surface area (Å²) in [6.07, 6.45) is 1.77. The van der Waals surface area contributed by atoms with Crippen molar-refractivity contribution in [3.63, 3.8) is 0 Å². The first-order valence-corrected chi connectivity index (χ1v) is 6.03. The van der Waals surface area contributed by atoms with E-state index in [9.17, 15) is 4.79 Å². The Kier molecular flexibility index (Phi) is 8.38. The first kappa shape index (κ1) is 14.4. The molecule has 0 aliphatic carbocycles. The molecule has 1 atom stereocenters. The normalized spacial score (nSPS) is 12.9. The fourth-order valence-corrected chi connectivity index (χ4v) is 1.10. The summed E-state index contributed by atoms with van der Waals surface area (Å²) in [5.74, 6) is 1.38. The molecule has 0 aromatic heterocycles. The van der Waals surface area contributed by atoms with E-state index in [0.29, 0.717) is 18.3 Å². The zero-order chi connectivity index (χ0) is 11.7.